The monoisotopic (exact) mass is 534 g/mol. The van der Waals surface area contributed by atoms with E-state index in [0.717, 1.165) is 33.1 Å². The van der Waals surface area contributed by atoms with Crippen molar-refractivity contribution in [2.75, 3.05) is 33.1 Å². The third kappa shape index (κ3) is 4.64. The molecule has 132 valence electrons. The molecule has 0 saturated carbocycles. The Bertz CT molecular complexity index is 550. The van der Waals surface area contributed by atoms with E-state index in [4.69, 9.17) is 0 Å². The van der Waals surface area contributed by atoms with Crippen LogP contribution in [-0.4, -0.2) is 54.6 Å². The molecule has 0 aliphatic rings. The van der Waals surface area contributed by atoms with Crippen LogP contribution in [0.3, 0.4) is 0 Å². The van der Waals surface area contributed by atoms with Gasteiger partial charge in [0.25, 0.3) is 17.8 Å². The molecular weight excluding hydrogens is 528 g/mol. The van der Waals surface area contributed by atoms with Crippen LogP contribution in [0.4, 0.5) is 32.2 Å². The topological polar surface area (TPSA) is 127 Å². The molecule has 0 atom stereocenters. The lowest BCUT2D eigenvalue weighted by Crippen LogP contribution is -2.28. The van der Waals surface area contributed by atoms with Gasteiger partial charge in [-0.2, -0.15) is 26.7 Å². The minimum Gasteiger partial charge on any atom is -0.452 e. The van der Waals surface area contributed by atoms with Gasteiger partial charge in [-0.15, -0.1) is 0 Å². The summed E-state index contributed by atoms with van der Waals surface area (Å²) < 4.78 is 15.8. The standard InChI is InChI=1S/C9H9Br3N6O6/c1-22-7(19)16(10)4-13-5(17(11)8(20)23-2)15-6(14-4)18(12)9(21)24-3/h1-3H3. The molecule has 0 aliphatic carbocycles. The second kappa shape index (κ2) is 8.93. The van der Waals surface area contributed by atoms with Gasteiger partial charge in [-0.3, -0.25) is 0 Å². The van der Waals surface area contributed by atoms with Crippen molar-refractivity contribution < 1.29 is 28.6 Å². The Morgan fingerprint density at radius 2 is 0.875 bits per heavy atom. The molecule has 12 nitrogen and oxygen atoms in total. The van der Waals surface area contributed by atoms with E-state index in [9.17, 15) is 14.4 Å². The van der Waals surface area contributed by atoms with Crippen LogP contribution in [-0.2, 0) is 14.2 Å². The SMILES string of the molecule is COC(=O)N(Br)c1nc(N(Br)C(=O)OC)nc(N(Br)C(=O)OC)n1. The molecule has 0 saturated heterocycles. The summed E-state index contributed by atoms with van der Waals surface area (Å²) in [5.74, 6) is -0.865. The molecular formula is C9H9Br3N6O6. The molecule has 1 aromatic heterocycles. The molecule has 1 aromatic rings. The zero-order valence-electron chi connectivity index (χ0n) is 12.3. The van der Waals surface area contributed by atoms with Gasteiger partial charge in [-0.05, 0) is 0 Å². The highest BCUT2D eigenvalue weighted by Crippen LogP contribution is 2.25. The van der Waals surface area contributed by atoms with Gasteiger partial charge < -0.3 is 14.2 Å². The van der Waals surface area contributed by atoms with Crippen LogP contribution in [0.25, 0.3) is 0 Å². The summed E-state index contributed by atoms with van der Waals surface area (Å²) in [6.07, 6.45) is -2.59. The van der Waals surface area contributed by atoms with Crippen molar-refractivity contribution in [3.05, 3.63) is 0 Å². The Kier molecular flexibility index (Phi) is 7.56. The maximum atomic E-state index is 11.6. The summed E-state index contributed by atoms with van der Waals surface area (Å²) in [6, 6.07) is 0. The van der Waals surface area contributed by atoms with Crippen molar-refractivity contribution in [3.63, 3.8) is 0 Å². The van der Waals surface area contributed by atoms with Crippen LogP contribution in [0.15, 0.2) is 0 Å². The van der Waals surface area contributed by atoms with E-state index in [1.54, 1.807) is 0 Å². The van der Waals surface area contributed by atoms with Crippen LogP contribution in [0.1, 0.15) is 0 Å². The largest absolute Gasteiger partial charge is 0.452 e. The molecule has 1 rings (SSSR count). The number of carbonyl (C=O) groups excluding carboxylic acids is 3. The van der Waals surface area contributed by atoms with E-state index in [0.29, 0.717) is 0 Å². The summed E-state index contributed by atoms with van der Waals surface area (Å²) in [5, 5.41) is 0. The minimum atomic E-state index is -0.864. The van der Waals surface area contributed by atoms with Gasteiger partial charge in [-0.25, -0.2) is 14.4 Å². The van der Waals surface area contributed by atoms with Gasteiger partial charge in [-0.1, -0.05) is 0 Å². The predicted molar refractivity (Wildman–Crippen MR) is 91.3 cm³/mol. The van der Waals surface area contributed by atoms with Crippen molar-refractivity contribution in [1.82, 2.24) is 15.0 Å². The number of halogens is 3. The molecule has 0 bridgehead atoms. The van der Waals surface area contributed by atoms with Crippen LogP contribution >= 0.6 is 48.4 Å². The molecule has 0 aromatic carbocycles. The average molecular weight is 537 g/mol. The van der Waals surface area contributed by atoms with E-state index in [1.165, 1.54) is 0 Å². The summed E-state index contributed by atoms with van der Waals surface area (Å²) in [5.41, 5.74) is 0. The van der Waals surface area contributed by atoms with Crippen LogP contribution in [0.2, 0.25) is 0 Å². The summed E-state index contributed by atoms with van der Waals surface area (Å²) in [7, 11) is 3.41. The second-order valence-electron chi connectivity index (χ2n) is 3.49. The maximum absolute atomic E-state index is 11.6. The Balaban J connectivity index is 3.41. The molecule has 1 heterocycles. The number of aromatic nitrogens is 3. The summed E-state index contributed by atoms with van der Waals surface area (Å²) in [6.45, 7) is 0. The second-order valence-corrected chi connectivity index (χ2v) is 5.62. The van der Waals surface area contributed by atoms with Crippen LogP contribution in [0, 0.1) is 0 Å². The Hall–Kier alpha value is -1.74. The van der Waals surface area contributed by atoms with Crippen molar-refractivity contribution >= 4 is 84.6 Å². The van der Waals surface area contributed by atoms with Gasteiger partial charge >= 0.3 is 18.3 Å². The molecule has 15 heteroatoms. The number of ether oxygens (including phenoxy) is 3. The first-order valence-electron chi connectivity index (χ1n) is 5.64. The number of rotatable bonds is 3. The molecule has 24 heavy (non-hydrogen) atoms. The number of carbonyl (C=O) groups is 3. The minimum absolute atomic E-state index is 0.288. The number of nitrogens with zero attached hydrogens (tertiary/aromatic N) is 6. The third-order valence-corrected chi connectivity index (χ3v) is 3.95. The Morgan fingerprint density at radius 1 is 0.667 bits per heavy atom. The van der Waals surface area contributed by atoms with Crippen LogP contribution in [0.5, 0.6) is 0 Å². The van der Waals surface area contributed by atoms with Gasteiger partial charge in [0.15, 0.2) is 0 Å². The van der Waals surface area contributed by atoms with Crippen molar-refractivity contribution in [1.29, 1.82) is 0 Å². The molecule has 0 unspecified atom stereocenters. The molecule has 0 spiro atoms. The molecule has 0 N–H and O–H groups in total. The lowest BCUT2D eigenvalue weighted by Gasteiger charge is -2.17. The molecule has 0 radical (unpaired) electrons. The lowest BCUT2D eigenvalue weighted by molar-refractivity contribution is 0.183. The van der Waals surface area contributed by atoms with Gasteiger partial charge in [0.2, 0.25) is 0 Å². The zero-order chi connectivity index (χ0) is 18.4. The first-order valence-corrected chi connectivity index (χ1v) is 7.77. The highest BCUT2D eigenvalue weighted by Gasteiger charge is 2.26. The van der Waals surface area contributed by atoms with Gasteiger partial charge in [0, 0.05) is 0 Å². The highest BCUT2D eigenvalue weighted by atomic mass is 79.9. The van der Waals surface area contributed by atoms with Crippen molar-refractivity contribution in [2.45, 2.75) is 0 Å². The Morgan fingerprint density at radius 3 is 1.04 bits per heavy atom. The van der Waals surface area contributed by atoms with E-state index >= 15 is 0 Å². The third-order valence-electron chi connectivity index (χ3n) is 2.13. The number of hydrogen-bond acceptors (Lipinski definition) is 9. The number of amides is 3. The fraction of sp³-hybridized carbons (Fsp3) is 0.333. The first-order chi connectivity index (χ1) is 11.3. The van der Waals surface area contributed by atoms with Crippen molar-refractivity contribution in [3.8, 4) is 0 Å². The predicted octanol–water partition coefficient (Wildman–Crippen LogP) is 2.52. The zero-order valence-corrected chi connectivity index (χ0v) is 17.0. The number of anilines is 3. The average Bonchev–Trinajstić information content (AvgIpc) is 2.63. The number of hydrogen-bond donors (Lipinski definition) is 0. The smallest absolute Gasteiger partial charge is 0.426 e. The number of methoxy groups -OCH3 is 3. The van der Waals surface area contributed by atoms with Gasteiger partial charge in [0.05, 0.1) is 69.8 Å². The van der Waals surface area contributed by atoms with Crippen molar-refractivity contribution in [2.24, 2.45) is 0 Å². The normalized spacial score (nSPS) is 9.75. The summed E-state index contributed by atoms with van der Waals surface area (Å²) in [4.78, 5) is 46.4. The molecule has 0 aliphatic heterocycles. The summed E-state index contributed by atoms with van der Waals surface area (Å²) >= 11 is 8.68. The van der Waals surface area contributed by atoms with E-state index in [2.05, 4.69) is 77.6 Å². The fourth-order valence-electron chi connectivity index (χ4n) is 1.09. The highest BCUT2D eigenvalue weighted by molar-refractivity contribution is 9.10. The van der Waals surface area contributed by atoms with E-state index in [1.807, 2.05) is 0 Å². The first kappa shape index (κ1) is 20.3. The quantitative estimate of drug-likeness (QED) is 0.423. The lowest BCUT2D eigenvalue weighted by atomic mass is 10.7. The fourth-order valence-corrected chi connectivity index (χ4v) is 2.00. The van der Waals surface area contributed by atoms with Gasteiger partial charge in [0.1, 0.15) is 0 Å². The van der Waals surface area contributed by atoms with E-state index < -0.39 is 18.3 Å². The maximum Gasteiger partial charge on any atom is 0.426 e. The van der Waals surface area contributed by atoms with E-state index in [-0.39, 0.29) is 17.8 Å². The molecule has 3 amide bonds. The molecule has 0 fully saturated rings. The van der Waals surface area contributed by atoms with Crippen LogP contribution < -0.4 is 11.8 Å². The Labute approximate surface area is 161 Å².